The molecule has 0 aliphatic heterocycles. The Morgan fingerprint density at radius 2 is 0.794 bits per heavy atom. The lowest BCUT2D eigenvalue weighted by molar-refractivity contribution is 0.799. The zero-order chi connectivity index (χ0) is 25.0. The van der Waals surface area contributed by atoms with Crippen LogP contribution in [-0.2, 0) is 0 Å². The fourth-order valence-corrected chi connectivity index (χ4v) is 4.69. The van der Waals surface area contributed by atoms with Crippen molar-refractivity contribution in [2.45, 2.75) is 92.2 Å². The minimum atomic E-state index is -0.0459. The molecular weight excluding hydrogens is 412 g/mol. The summed E-state index contributed by atoms with van der Waals surface area (Å²) in [5.74, 6) is 1.76. The summed E-state index contributed by atoms with van der Waals surface area (Å²) < 4.78 is 0. The first-order chi connectivity index (χ1) is 16.1. The van der Waals surface area contributed by atoms with Crippen molar-refractivity contribution in [1.29, 1.82) is 0 Å². The highest BCUT2D eigenvalue weighted by molar-refractivity contribution is 5.65. The van der Waals surface area contributed by atoms with E-state index in [9.17, 15) is 0 Å². The Labute approximate surface area is 208 Å². The number of anilines is 2. The fourth-order valence-electron chi connectivity index (χ4n) is 4.69. The first-order valence-corrected chi connectivity index (χ1v) is 12.9. The highest BCUT2D eigenvalue weighted by Gasteiger charge is 2.22. The van der Waals surface area contributed by atoms with Crippen LogP contribution in [0.3, 0.4) is 0 Å². The number of hydrogen-bond acceptors (Lipinski definition) is 2. The van der Waals surface area contributed by atoms with Crippen LogP contribution in [0.4, 0.5) is 11.4 Å². The molecule has 0 radical (unpaired) electrons. The van der Waals surface area contributed by atoms with Gasteiger partial charge in [-0.3, -0.25) is 0 Å². The minimum Gasteiger partial charge on any atom is -0.361 e. The molecule has 2 nitrogen and oxygen atoms in total. The van der Waals surface area contributed by atoms with Crippen LogP contribution in [0.5, 0.6) is 0 Å². The second-order valence-electron chi connectivity index (χ2n) is 10.9. The van der Waals surface area contributed by atoms with Gasteiger partial charge in [-0.25, -0.2) is 0 Å². The van der Waals surface area contributed by atoms with Crippen molar-refractivity contribution in [3.8, 4) is 0 Å². The number of para-hydroxylation sites is 2. The third-order valence-electron chi connectivity index (χ3n) is 6.73. The Hall–Kier alpha value is -2.74. The van der Waals surface area contributed by atoms with E-state index >= 15 is 0 Å². The molecule has 34 heavy (non-hydrogen) atoms. The number of nitrogens with one attached hydrogen (secondary N) is 2. The highest BCUT2D eigenvalue weighted by atomic mass is 15.1. The van der Waals surface area contributed by atoms with E-state index < -0.39 is 0 Å². The molecule has 0 unspecified atom stereocenters. The molecule has 0 spiro atoms. The Bertz CT molecular complexity index is 957. The molecule has 2 N–H and O–H groups in total. The van der Waals surface area contributed by atoms with E-state index in [0.29, 0.717) is 23.7 Å². The molecule has 0 aliphatic carbocycles. The topological polar surface area (TPSA) is 24.1 Å². The van der Waals surface area contributed by atoms with Crippen LogP contribution in [0.25, 0.3) is 0 Å². The lowest BCUT2D eigenvalue weighted by atomic mass is 9.91. The van der Waals surface area contributed by atoms with Crippen molar-refractivity contribution in [2.24, 2.45) is 0 Å². The molecule has 0 saturated carbocycles. The molecule has 3 aromatic carbocycles. The Balaban J connectivity index is 2.17. The van der Waals surface area contributed by atoms with Crippen LogP contribution in [0.2, 0.25) is 0 Å². The van der Waals surface area contributed by atoms with Crippen molar-refractivity contribution in [2.75, 3.05) is 10.6 Å². The second kappa shape index (κ2) is 11.1. The monoisotopic (exact) mass is 456 g/mol. The molecule has 0 saturated heterocycles. The first-order valence-electron chi connectivity index (χ1n) is 12.9. The smallest absolute Gasteiger partial charge is 0.123 e. The normalized spacial score (nSPS) is 11.8. The summed E-state index contributed by atoms with van der Waals surface area (Å²) in [5.41, 5.74) is 10.5. The van der Waals surface area contributed by atoms with Crippen LogP contribution >= 0.6 is 0 Å². The summed E-state index contributed by atoms with van der Waals surface area (Å²) in [6, 6.07) is 22.4. The molecule has 0 bridgehead atoms. The van der Waals surface area contributed by atoms with Crippen molar-refractivity contribution in [1.82, 2.24) is 0 Å². The van der Waals surface area contributed by atoms with E-state index in [1.54, 1.807) is 0 Å². The summed E-state index contributed by atoms with van der Waals surface area (Å²) in [6.45, 7) is 20.4. The number of benzene rings is 3. The van der Waals surface area contributed by atoms with Crippen LogP contribution in [-0.4, -0.2) is 0 Å². The molecule has 182 valence electrons. The summed E-state index contributed by atoms with van der Waals surface area (Å²) >= 11 is 0. The molecule has 0 fully saturated rings. The van der Waals surface area contributed by atoms with E-state index in [1.165, 1.54) is 44.8 Å². The predicted octanol–water partition coefficient (Wildman–Crippen LogP) is 9.71. The van der Waals surface area contributed by atoms with E-state index in [2.05, 4.69) is 134 Å². The third kappa shape index (κ3) is 5.84. The lowest BCUT2D eigenvalue weighted by Crippen LogP contribution is -2.23. The van der Waals surface area contributed by atoms with E-state index in [1.807, 2.05) is 0 Å². The molecule has 0 atom stereocenters. The van der Waals surface area contributed by atoms with Gasteiger partial charge < -0.3 is 10.6 Å². The van der Waals surface area contributed by atoms with Gasteiger partial charge in [0.15, 0.2) is 0 Å². The van der Waals surface area contributed by atoms with Gasteiger partial charge in [-0.2, -0.15) is 0 Å². The average molecular weight is 457 g/mol. The van der Waals surface area contributed by atoms with Gasteiger partial charge in [0.1, 0.15) is 6.17 Å². The predicted molar refractivity (Wildman–Crippen MR) is 150 cm³/mol. The van der Waals surface area contributed by atoms with E-state index in [-0.39, 0.29) is 6.17 Å². The van der Waals surface area contributed by atoms with E-state index in [0.717, 1.165) is 0 Å². The van der Waals surface area contributed by atoms with Crippen molar-refractivity contribution < 1.29 is 0 Å². The van der Waals surface area contributed by atoms with Crippen molar-refractivity contribution in [3.63, 3.8) is 0 Å². The Morgan fingerprint density at radius 3 is 1.09 bits per heavy atom. The zero-order valence-electron chi connectivity index (χ0n) is 22.7. The average Bonchev–Trinajstić information content (AvgIpc) is 2.78. The maximum absolute atomic E-state index is 3.98. The maximum Gasteiger partial charge on any atom is 0.123 e. The lowest BCUT2D eigenvalue weighted by Gasteiger charge is -2.31. The van der Waals surface area contributed by atoms with Crippen LogP contribution in [0, 0.1) is 6.92 Å². The molecule has 0 aromatic heterocycles. The molecule has 0 heterocycles. The van der Waals surface area contributed by atoms with Crippen molar-refractivity contribution >= 4 is 11.4 Å². The number of aryl methyl sites for hydroxylation is 1. The van der Waals surface area contributed by atoms with Gasteiger partial charge in [0.25, 0.3) is 0 Å². The highest BCUT2D eigenvalue weighted by Crippen LogP contribution is 2.38. The van der Waals surface area contributed by atoms with Crippen LogP contribution in [0.15, 0.2) is 60.7 Å². The molecule has 3 rings (SSSR count). The van der Waals surface area contributed by atoms with Gasteiger partial charge in [0.05, 0.1) is 0 Å². The van der Waals surface area contributed by atoms with Gasteiger partial charge in [-0.05, 0) is 58.4 Å². The summed E-state index contributed by atoms with van der Waals surface area (Å²) in [4.78, 5) is 0. The van der Waals surface area contributed by atoms with Crippen LogP contribution in [0.1, 0.15) is 119 Å². The minimum absolute atomic E-state index is 0.0459. The summed E-state index contributed by atoms with van der Waals surface area (Å²) in [6.07, 6.45) is -0.0459. The van der Waals surface area contributed by atoms with Gasteiger partial charge in [-0.1, -0.05) is 122 Å². The summed E-state index contributed by atoms with van der Waals surface area (Å²) in [5, 5.41) is 7.97. The number of hydrogen-bond donors (Lipinski definition) is 2. The quantitative estimate of drug-likeness (QED) is 0.313. The molecular formula is C32H44N2. The third-order valence-corrected chi connectivity index (χ3v) is 6.73. The second-order valence-corrected chi connectivity index (χ2v) is 10.9. The fraction of sp³-hybridized carbons (Fsp3) is 0.438. The SMILES string of the molecule is Cc1ccc(C(Nc2c(C(C)C)cccc2C(C)C)Nc2c(C(C)C)cccc2C(C)C)cc1. The molecule has 2 heteroatoms. The summed E-state index contributed by atoms with van der Waals surface area (Å²) in [7, 11) is 0. The van der Waals surface area contributed by atoms with Gasteiger partial charge >= 0.3 is 0 Å². The standard InChI is InChI=1S/C32H44N2/c1-20(2)26-12-10-13-27(21(3)4)30(26)33-32(25-18-16-24(9)17-19-25)34-31-28(22(5)6)14-11-15-29(31)23(7)8/h10-23,32-34H,1-9H3. The van der Waals surface area contributed by atoms with Gasteiger partial charge in [0, 0.05) is 11.4 Å². The Morgan fingerprint density at radius 1 is 0.471 bits per heavy atom. The Kier molecular flexibility index (Phi) is 8.47. The van der Waals surface area contributed by atoms with Crippen LogP contribution < -0.4 is 10.6 Å². The zero-order valence-corrected chi connectivity index (χ0v) is 22.7. The van der Waals surface area contributed by atoms with Crippen molar-refractivity contribution in [3.05, 3.63) is 94.0 Å². The molecule has 0 aliphatic rings. The largest absolute Gasteiger partial charge is 0.361 e. The first kappa shape index (κ1) is 25.9. The maximum atomic E-state index is 3.98. The molecule has 0 amide bonds. The van der Waals surface area contributed by atoms with E-state index in [4.69, 9.17) is 0 Å². The van der Waals surface area contributed by atoms with Gasteiger partial charge in [-0.15, -0.1) is 0 Å². The number of rotatable bonds is 9. The van der Waals surface area contributed by atoms with Gasteiger partial charge in [0.2, 0.25) is 0 Å². The molecule has 3 aromatic rings.